The van der Waals surface area contributed by atoms with Gasteiger partial charge in [0.15, 0.2) is 0 Å². The van der Waals surface area contributed by atoms with Crippen LogP contribution < -0.4 is 10.6 Å². The minimum absolute atomic E-state index is 0.174. The zero-order valence-corrected chi connectivity index (χ0v) is 12.7. The van der Waals surface area contributed by atoms with Crippen LogP contribution in [0.2, 0.25) is 0 Å². The van der Waals surface area contributed by atoms with E-state index < -0.39 is 11.6 Å². The molecule has 0 atom stereocenters. The fourth-order valence-corrected chi connectivity index (χ4v) is 3.13. The third kappa shape index (κ3) is 3.54. The molecule has 0 aromatic carbocycles. The Hall–Kier alpha value is -1.59. The van der Waals surface area contributed by atoms with Crippen LogP contribution >= 0.6 is 0 Å². The molecule has 0 aromatic rings. The highest BCUT2D eigenvalue weighted by Crippen LogP contribution is 2.31. The lowest BCUT2D eigenvalue weighted by atomic mass is 9.84. The Balaban J connectivity index is 2.02. The van der Waals surface area contributed by atoms with Crippen LogP contribution in [0.15, 0.2) is 0 Å². The fourth-order valence-electron chi connectivity index (χ4n) is 3.13. The van der Waals surface area contributed by atoms with Crippen molar-refractivity contribution in [3.05, 3.63) is 0 Å². The first kappa shape index (κ1) is 15.8. The van der Waals surface area contributed by atoms with E-state index >= 15 is 0 Å². The van der Waals surface area contributed by atoms with Crippen molar-refractivity contribution in [2.24, 2.45) is 0 Å². The number of rotatable bonds is 4. The predicted octanol–water partition coefficient (Wildman–Crippen LogP) is 1.55. The molecule has 1 aliphatic heterocycles. The molecule has 2 fully saturated rings. The number of imide groups is 1. The molecular formula is C15H25N3O3. The fraction of sp³-hybridized carbons (Fsp3) is 0.800. The molecule has 2 rings (SSSR count). The van der Waals surface area contributed by atoms with Gasteiger partial charge in [-0.2, -0.15) is 0 Å². The van der Waals surface area contributed by atoms with E-state index in [1.165, 1.54) is 6.42 Å². The lowest BCUT2D eigenvalue weighted by molar-refractivity contribution is -0.135. The minimum atomic E-state index is -0.761. The molecule has 6 heteroatoms. The third-order valence-corrected chi connectivity index (χ3v) is 4.33. The maximum atomic E-state index is 12.6. The van der Waals surface area contributed by atoms with Crippen molar-refractivity contribution in [2.45, 2.75) is 63.8 Å². The molecule has 0 radical (unpaired) electrons. The molecule has 1 spiro atoms. The Morgan fingerprint density at radius 3 is 2.43 bits per heavy atom. The van der Waals surface area contributed by atoms with Crippen molar-refractivity contribution in [2.75, 3.05) is 13.1 Å². The van der Waals surface area contributed by atoms with Gasteiger partial charge in [-0.05, 0) is 19.3 Å². The van der Waals surface area contributed by atoms with Crippen LogP contribution in [-0.4, -0.2) is 41.4 Å². The van der Waals surface area contributed by atoms with Gasteiger partial charge in [-0.15, -0.1) is 0 Å². The summed E-state index contributed by atoms with van der Waals surface area (Å²) in [6.07, 6.45) is 7.49. The normalized spacial score (nSPS) is 21.9. The second kappa shape index (κ2) is 6.91. The Labute approximate surface area is 125 Å². The molecule has 1 saturated carbocycles. The maximum absolute atomic E-state index is 12.6. The molecule has 118 valence electrons. The van der Waals surface area contributed by atoms with E-state index in [1.807, 2.05) is 6.92 Å². The molecule has 6 nitrogen and oxygen atoms in total. The average Bonchev–Trinajstić information content (AvgIpc) is 2.66. The minimum Gasteiger partial charge on any atom is -0.355 e. The average molecular weight is 295 g/mol. The summed E-state index contributed by atoms with van der Waals surface area (Å²) < 4.78 is 0. The van der Waals surface area contributed by atoms with Crippen LogP contribution in [0.25, 0.3) is 0 Å². The van der Waals surface area contributed by atoms with Gasteiger partial charge in [-0.25, -0.2) is 4.79 Å². The van der Waals surface area contributed by atoms with Gasteiger partial charge in [-0.1, -0.05) is 39.0 Å². The predicted molar refractivity (Wildman–Crippen MR) is 78.6 cm³/mol. The van der Waals surface area contributed by atoms with Crippen molar-refractivity contribution < 1.29 is 14.4 Å². The number of amides is 4. The zero-order chi connectivity index (χ0) is 15.3. The quantitative estimate of drug-likeness (QED) is 0.772. The summed E-state index contributed by atoms with van der Waals surface area (Å²) in [5.41, 5.74) is -0.761. The third-order valence-electron chi connectivity index (χ3n) is 4.33. The molecule has 1 saturated heterocycles. The summed E-state index contributed by atoms with van der Waals surface area (Å²) in [4.78, 5) is 37.5. The zero-order valence-electron chi connectivity index (χ0n) is 12.7. The van der Waals surface area contributed by atoms with E-state index in [4.69, 9.17) is 0 Å². The largest absolute Gasteiger partial charge is 0.355 e. The SMILES string of the molecule is CCCNC(=O)CN1C(=O)NC2(CCCCCCC2)C1=O. The Bertz CT molecular complexity index is 414. The second-order valence-electron chi connectivity index (χ2n) is 6.02. The highest BCUT2D eigenvalue weighted by Gasteiger charge is 2.50. The molecule has 0 bridgehead atoms. The second-order valence-corrected chi connectivity index (χ2v) is 6.02. The van der Waals surface area contributed by atoms with Crippen LogP contribution in [0.1, 0.15) is 58.3 Å². The van der Waals surface area contributed by atoms with Gasteiger partial charge in [0, 0.05) is 6.54 Å². The van der Waals surface area contributed by atoms with E-state index in [0.717, 1.165) is 37.0 Å². The smallest absolute Gasteiger partial charge is 0.325 e. The number of hydrogen-bond donors (Lipinski definition) is 2. The molecule has 2 aliphatic rings. The molecule has 2 N–H and O–H groups in total. The first-order chi connectivity index (χ1) is 10.1. The van der Waals surface area contributed by atoms with E-state index in [9.17, 15) is 14.4 Å². The Morgan fingerprint density at radius 2 is 1.81 bits per heavy atom. The number of carbonyl (C=O) groups excluding carboxylic acids is 3. The molecule has 0 aromatic heterocycles. The van der Waals surface area contributed by atoms with Gasteiger partial charge >= 0.3 is 6.03 Å². The standard InChI is InChI=1S/C15H25N3O3/c1-2-10-16-12(19)11-18-13(20)15(17-14(18)21)8-6-4-3-5-7-9-15/h2-11H2,1H3,(H,16,19)(H,17,21). The van der Waals surface area contributed by atoms with Crippen molar-refractivity contribution >= 4 is 17.8 Å². The molecule has 1 aliphatic carbocycles. The Kier molecular flexibility index (Phi) is 5.20. The van der Waals surface area contributed by atoms with Crippen LogP contribution in [0.5, 0.6) is 0 Å². The van der Waals surface area contributed by atoms with Crippen molar-refractivity contribution in [3.8, 4) is 0 Å². The number of nitrogens with one attached hydrogen (secondary N) is 2. The van der Waals surface area contributed by atoms with Crippen LogP contribution in [-0.2, 0) is 9.59 Å². The lowest BCUT2D eigenvalue weighted by Gasteiger charge is -2.28. The van der Waals surface area contributed by atoms with E-state index in [-0.39, 0.29) is 18.4 Å². The molecule has 4 amide bonds. The van der Waals surface area contributed by atoms with Crippen LogP contribution in [0.3, 0.4) is 0 Å². The number of urea groups is 1. The summed E-state index contributed by atoms with van der Waals surface area (Å²) in [7, 11) is 0. The van der Waals surface area contributed by atoms with E-state index in [0.29, 0.717) is 19.4 Å². The molecule has 21 heavy (non-hydrogen) atoms. The number of carbonyl (C=O) groups is 3. The Morgan fingerprint density at radius 1 is 1.19 bits per heavy atom. The van der Waals surface area contributed by atoms with Crippen LogP contribution in [0.4, 0.5) is 4.79 Å². The van der Waals surface area contributed by atoms with Gasteiger partial charge in [0.25, 0.3) is 5.91 Å². The maximum Gasteiger partial charge on any atom is 0.325 e. The van der Waals surface area contributed by atoms with Gasteiger partial charge in [0.1, 0.15) is 12.1 Å². The van der Waals surface area contributed by atoms with Crippen molar-refractivity contribution in [1.29, 1.82) is 0 Å². The van der Waals surface area contributed by atoms with Crippen molar-refractivity contribution in [1.82, 2.24) is 15.5 Å². The monoisotopic (exact) mass is 295 g/mol. The van der Waals surface area contributed by atoms with Crippen molar-refractivity contribution in [3.63, 3.8) is 0 Å². The van der Waals surface area contributed by atoms with E-state index in [1.54, 1.807) is 0 Å². The lowest BCUT2D eigenvalue weighted by Crippen LogP contribution is -2.48. The molecule has 1 heterocycles. The van der Waals surface area contributed by atoms with Gasteiger partial charge in [0.2, 0.25) is 5.91 Å². The summed E-state index contributed by atoms with van der Waals surface area (Å²) >= 11 is 0. The molecular weight excluding hydrogens is 270 g/mol. The first-order valence-electron chi connectivity index (χ1n) is 8.00. The topological polar surface area (TPSA) is 78.5 Å². The summed E-state index contributed by atoms with van der Waals surface area (Å²) in [5.74, 6) is -0.496. The highest BCUT2D eigenvalue weighted by molar-refractivity contribution is 6.09. The van der Waals surface area contributed by atoms with E-state index in [2.05, 4.69) is 10.6 Å². The van der Waals surface area contributed by atoms with Crippen LogP contribution in [0, 0.1) is 0 Å². The van der Waals surface area contributed by atoms with Gasteiger partial charge < -0.3 is 10.6 Å². The highest BCUT2D eigenvalue weighted by atomic mass is 16.2. The van der Waals surface area contributed by atoms with Gasteiger partial charge in [-0.3, -0.25) is 14.5 Å². The molecule has 0 unspecified atom stereocenters. The van der Waals surface area contributed by atoms with Gasteiger partial charge in [0.05, 0.1) is 0 Å². The number of nitrogens with zero attached hydrogens (tertiary/aromatic N) is 1. The summed E-state index contributed by atoms with van der Waals surface area (Å²) in [5, 5.41) is 5.56. The first-order valence-corrected chi connectivity index (χ1v) is 8.00. The summed E-state index contributed by atoms with van der Waals surface area (Å²) in [6.45, 7) is 2.34. The summed E-state index contributed by atoms with van der Waals surface area (Å²) in [6, 6.07) is -0.424. The number of hydrogen-bond acceptors (Lipinski definition) is 3.